The number of hydrogen-bond acceptors (Lipinski definition) is 5. The molecular weight excluding hydrogens is 364 g/mol. The van der Waals surface area contributed by atoms with Crippen molar-refractivity contribution in [2.45, 2.75) is 45.6 Å². The molecular formula is C19H26N4O3S. The normalized spacial score (nSPS) is 10.6. The summed E-state index contributed by atoms with van der Waals surface area (Å²) in [6.07, 6.45) is 4.02. The van der Waals surface area contributed by atoms with Crippen LogP contribution >= 0.6 is 12.2 Å². The molecule has 1 aromatic carbocycles. The molecule has 0 unspecified atom stereocenters. The summed E-state index contributed by atoms with van der Waals surface area (Å²) in [4.78, 5) is 23.3. The number of nitrogens with one attached hydrogen (secondary N) is 2. The van der Waals surface area contributed by atoms with E-state index in [4.69, 9.17) is 12.2 Å². The average molecular weight is 391 g/mol. The topological polar surface area (TPSA) is 89.0 Å². The average Bonchev–Trinajstić information content (AvgIpc) is 3.01. The summed E-state index contributed by atoms with van der Waals surface area (Å²) in [5, 5.41) is 9.93. The Hall–Kier alpha value is -2.48. The largest absolute Gasteiger partial charge is 0.469 e. The van der Waals surface area contributed by atoms with E-state index in [0.717, 1.165) is 36.8 Å². The molecule has 8 heteroatoms. The highest BCUT2D eigenvalue weighted by Crippen LogP contribution is 2.18. The van der Waals surface area contributed by atoms with E-state index in [-0.39, 0.29) is 18.4 Å². The summed E-state index contributed by atoms with van der Waals surface area (Å²) in [5.74, 6) is 0.377. The van der Waals surface area contributed by atoms with Gasteiger partial charge in [-0.25, -0.2) is 0 Å². The number of esters is 1. The third-order valence-corrected chi connectivity index (χ3v) is 4.51. The number of unbranched alkanes of at least 4 members (excludes halogenated alkanes) is 3. The van der Waals surface area contributed by atoms with Crippen LogP contribution in [0.15, 0.2) is 24.3 Å². The number of hydrogen-bond donors (Lipinski definition) is 2. The van der Waals surface area contributed by atoms with Gasteiger partial charge >= 0.3 is 5.97 Å². The predicted molar refractivity (Wildman–Crippen MR) is 106 cm³/mol. The number of nitrogens with zero attached hydrogens (tertiary/aromatic N) is 2. The van der Waals surface area contributed by atoms with Crippen molar-refractivity contribution in [3.8, 4) is 11.4 Å². The Balaban J connectivity index is 1.79. The number of ether oxygens (including phenoxy) is 1. The fraction of sp³-hybridized carbons (Fsp3) is 0.474. The Morgan fingerprint density at radius 1 is 1.26 bits per heavy atom. The van der Waals surface area contributed by atoms with Crippen LogP contribution in [0.4, 0.5) is 0 Å². The minimum Gasteiger partial charge on any atom is -0.469 e. The van der Waals surface area contributed by atoms with Crippen LogP contribution in [0.25, 0.3) is 11.4 Å². The van der Waals surface area contributed by atoms with Gasteiger partial charge in [-0.05, 0) is 38.0 Å². The van der Waals surface area contributed by atoms with Gasteiger partial charge in [-0.3, -0.25) is 19.3 Å². The zero-order chi connectivity index (χ0) is 19.6. The lowest BCUT2D eigenvalue weighted by Crippen LogP contribution is -2.28. The van der Waals surface area contributed by atoms with E-state index in [1.54, 1.807) is 4.57 Å². The van der Waals surface area contributed by atoms with Crippen molar-refractivity contribution in [2.75, 3.05) is 13.7 Å². The summed E-state index contributed by atoms with van der Waals surface area (Å²) in [5.41, 5.74) is 2.03. The van der Waals surface area contributed by atoms with Gasteiger partial charge in [-0.15, -0.1) is 0 Å². The van der Waals surface area contributed by atoms with E-state index in [2.05, 4.69) is 20.3 Å². The van der Waals surface area contributed by atoms with Gasteiger partial charge in [-0.2, -0.15) is 5.10 Å². The number of amides is 1. The molecule has 27 heavy (non-hydrogen) atoms. The van der Waals surface area contributed by atoms with Crippen molar-refractivity contribution in [1.82, 2.24) is 20.1 Å². The van der Waals surface area contributed by atoms with Crippen LogP contribution in [0, 0.1) is 11.7 Å². The maximum absolute atomic E-state index is 12.2. The van der Waals surface area contributed by atoms with E-state index in [0.29, 0.717) is 23.6 Å². The zero-order valence-electron chi connectivity index (χ0n) is 15.8. The molecule has 146 valence electrons. The Morgan fingerprint density at radius 3 is 2.78 bits per heavy atom. The van der Waals surface area contributed by atoms with Crippen LogP contribution in [0.3, 0.4) is 0 Å². The molecule has 1 heterocycles. The van der Waals surface area contributed by atoms with Gasteiger partial charge in [0.2, 0.25) is 5.91 Å². The number of rotatable bonds is 10. The zero-order valence-corrected chi connectivity index (χ0v) is 16.6. The van der Waals surface area contributed by atoms with Gasteiger partial charge in [0.05, 0.1) is 7.11 Å². The number of benzene rings is 1. The molecule has 0 fully saturated rings. The lowest BCUT2D eigenvalue weighted by Gasteiger charge is -2.09. The second kappa shape index (κ2) is 10.6. The fourth-order valence-electron chi connectivity index (χ4n) is 2.75. The molecule has 1 amide bonds. The number of methoxy groups -OCH3 is 1. The van der Waals surface area contributed by atoms with Crippen molar-refractivity contribution in [3.05, 3.63) is 34.6 Å². The van der Waals surface area contributed by atoms with E-state index in [1.165, 1.54) is 7.11 Å². The first-order valence-electron chi connectivity index (χ1n) is 9.07. The second-order valence-electron chi connectivity index (χ2n) is 6.40. The molecule has 7 nitrogen and oxygen atoms in total. The van der Waals surface area contributed by atoms with E-state index >= 15 is 0 Å². The fourth-order valence-corrected chi connectivity index (χ4v) is 2.94. The number of carbonyl (C=O) groups is 2. The summed E-state index contributed by atoms with van der Waals surface area (Å²) >= 11 is 5.27. The van der Waals surface area contributed by atoms with Crippen molar-refractivity contribution < 1.29 is 14.3 Å². The molecule has 2 N–H and O–H groups in total. The minimum atomic E-state index is -0.176. The molecule has 0 saturated carbocycles. The lowest BCUT2D eigenvalue weighted by atomic mass is 10.1. The first-order chi connectivity index (χ1) is 13.0. The molecule has 0 spiro atoms. The van der Waals surface area contributed by atoms with Gasteiger partial charge in [-0.1, -0.05) is 36.6 Å². The van der Waals surface area contributed by atoms with Gasteiger partial charge < -0.3 is 10.1 Å². The number of aryl methyl sites for hydroxylation is 1. The number of carbonyl (C=O) groups excluding carboxylic acids is 2. The summed E-state index contributed by atoms with van der Waals surface area (Å²) < 4.78 is 6.73. The molecule has 2 aromatic rings. The third kappa shape index (κ3) is 6.63. The number of aromatic nitrogens is 3. The lowest BCUT2D eigenvalue weighted by molar-refractivity contribution is -0.140. The van der Waals surface area contributed by atoms with Crippen molar-refractivity contribution in [3.63, 3.8) is 0 Å². The van der Waals surface area contributed by atoms with Crippen LogP contribution < -0.4 is 5.32 Å². The van der Waals surface area contributed by atoms with Crippen LogP contribution in [0.5, 0.6) is 0 Å². The maximum atomic E-state index is 12.2. The van der Waals surface area contributed by atoms with E-state index < -0.39 is 0 Å². The molecule has 0 bridgehead atoms. The van der Waals surface area contributed by atoms with Gasteiger partial charge in [0.25, 0.3) is 0 Å². The Morgan fingerprint density at radius 2 is 2.04 bits per heavy atom. The van der Waals surface area contributed by atoms with E-state index in [1.807, 2.05) is 31.2 Å². The van der Waals surface area contributed by atoms with Crippen molar-refractivity contribution >= 4 is 24.1 Å². The first kappa shape index (κ1) is 20.8. The number of aromatic amines is 1. The van der Waals surface area contributed by atoms with Gasteiger partial charge in [0, 0.05) is 18.5 Å². The molecule has 2 rings (SSSR count). The Kier molecular flexibility index (Phi) is 8.19. The first-order valence-corrected chi connectivity index (χ1v) is 9.48. The number of H-pyrrole nitrogens is 1. The Labute approximate surface area is 164 Å². The van der Waals surface area contributed by atoms with Gasteiger partial charge in [0.1, 0.15) is 6.54 Å². The van der Waals surface area contributed by atoms with Crippen molar-refractivity contribution in [1.29, 1.82) is 0 Å². The highest BCUT2D eigenvalue weighted by atomic mass is 32.1. The highest BCUT2D eigenvalue weighted by molar-refractivity contribution is 7.71. The van der Waals surface area contributed by atoms with Crippen molar-refractivity contribution in [2.24, 2.45) is 0 Å². The minimum absolute atomic E-state index is 0.101. The summed E-state index contributed by atoms with van der Waals surface area (Å²) in [6.45, 7) is 2.73. The maximum Gasteiger partial charge on any atom is 0.305 e. The quantitative estimate of drug-likeness (QED) is 0.370. The monoisotopic (exact) mass is 390 g/mol. The molecule has 0 atom stereocenters. The highest BCUT2D eigenvalue weighted by Gasteiger charge is 2.12. The van der Waals surface area contributed by atoms with Crippen LogP contribution in [-0.4, -0.2) is 40.3 Å². The predicted octanol–water partition coefficient (Wildman–Crippen LogP) is 3.16. The van der Waals surface area contributed by atoms with Crippen LogP contribution in [-0.2, 0) is 20.9 Å². The molecule has 0 saturated heterocycles. The molecule has 0 radical (unpaired) electrons. The summed E-state index contributed by atoms with van der Waals surface area (Å²) in [6, 6.07) is 7.91. The second-order valence-corrected chi connectivity index (χ2v) is 6.78. The standard InChI is InChI=1S/C19H26N4O3S/c1-14-8-7-9-15(12-14)18-21-22-19(27)23(18)13-16(24)20-11-6-4-3-5-10-17(25)26-2/h7-9,12H,3-6,10-11,13H2,1-2H3,(H,20,24)(H,22,27). The van der Waals surface area contributed by atoms with Gasteiger partial charge in [0.15, 0.2) is 10.6 Å². The summed E-state index contributed by atoms with van der Waals surface area (Å²) in [7, 11) is 1.40. The molecule has 0 aliphatic carbocycles. The molecule has 1 aromatic heterocycles. The molecule has 0 aliphatic rings. The Bertz CT molecular complexity index is 828. The third-order valence-electron chi connectivity index (χ3n) is 4.19. The van der Waals surface area contributed by atoms with E-state index in [9.17, 15) is 9.59 Å². The van der Waals surface area contributed by atoms with Crippen LogP contribution in [0.2, 0.25) is 0 Å². The molecule has 0 aliphatic heterocycles. The van der Waals surface area contributed by atoms with Crippen LogP contribution in [0.1, 0.15) is 37.7 Å². The SMILES string of the molecule is COC(=O)CCCCCCNC(=O)Cn1c(-c2cccc(C)c2)n[nH]c1=S. The smallest absolute Gasteiger partial charge is 0.305 e.